The highest BCUT2D eigenvalue weighted by atomic mass is 19.1. The number of benzene rings is 1. The van der Waals surface area contributed by atoms with Crippen LogP contribution in [0, 0.1) is 19.7 Å². The lowest BCUT2D eigenvalue weighted by Gasteiger charge is -2.05. The van der Waals surface area contributed by atoms with E-state index in [9.17, 15) is 4.39 Å². The lowest BCUT2D eigenvalue weighted by atomic mass is 10.1. The first-order valence-electron chi connectivity index (χ1n) is 7.61. The van der Waals surface area contributed by atoms with Crippen LogP contribution in [-0.4, -0.2) is 19.9 Å². The van der Waals surface area contributed by atoms with E-state index in [1.807, 2.05) is 24.6 Å². The van der Waals surface area contributed by atoms with Crippen LogP contribution in [0.5, 0.6) is 0 Å². The third-order valence-corrected chi connectivity index (χ3v) is 4.06. The molecule has 0 N–H and O–H groups in total. The molecule has 0 amide bonds. The normalized spacial score (nSPS) is 11.3. The second-order valence-corrected chi connectivity index (χ2v) is 5.76. The smallest absolute Gasteiger partial charge is 0.141 e. The molecule has 1 aromatic carbocycles. The van der Waals surface area contributed by atoms with Crippen molar-refractivity contribution in [1.82, 2.24) is 19.9 Å². The average molecular weight is 322 g/mol. The summed E-state index contributed by atoms with van der Waals surface area (Å²) in [6, 6.07) is 8.46. The minimum Gasteiger partial charge on any atom is -0.361 e. The third-order valence-electron chi connectivity index (χ3n) is 4.06. The molecule has 24 heavy (non-hydrogen) atoms. The molecule has 3 aromatic heterocycles. The van der Waals surface area contributed by atoms with Crippen LogP contribution in [-0.2, 0) is 6.54 Å². The van der Waals surface area contributed by atoms with Gasteiger partial charge in [0.05, 0.1) is 24.0 Å². The molecule has 0 radical (unpaired) electrons. The van der Waals surface area contributed by atoms with Gasteiger partial charge in [-0.1, -0.05) is 17.3 Å². The number of hydrogen-bond donors (Lipinski definition) is 0. The Morgan fingerprint density at radius 1 is 1.12 bits per heavy atom. The molecule has 0 saturated heterocycles. The summed E-state index contributed by atoms with van der Waals surface area (Å²) >= 11 is 0. The molecule has 120 valence electrons. The zero-order valence-corrected chi connectivity index (χ0v) is 13.3. The summed E-state index contributed by atoms with van der Waals surface area (Å²) in [7, 11) is 0. The van der Waals surface area contributed by atoms with Gasteiger partial charge in [0.1, 0.15) is 17.1 Å². The molecule has 5 nitrogen and oxygen atoms in total. The Bertz CT molecular complexity index is 998. The molecular weight excluding hydrogens is 307 g/mol. The van der Waals surface area contributed by atoms with Crippen LogP contribution >= 0.6 is 0 Å². The number of aromatic nitrogens is 4. The molecule has 0 unspecified atom stereocenters. The van der Waals surface area contributed by atoms with Crippen molar-refractivity contribution in [2.75, 3.05) is 0 Å². The lowest BCUT2D eigenvalue weighted by Crippen LogP contribution is -2.01. The molecule has 6 heteroatoms. The van der Waals surface area contributed by atoms with Gasteiger partial charge >= 0.3 is 0 Å². The zero-order chi connectivity index (χ0) is 16.7. The Labute approximate surface area is 137 Å². The second kappa shape index (κ2) is 5.56. The number of nitrogens with zero attached hydrogens (tertiary/aromatic N) is 4. The Morgan fingerprint density at radius 3 is 2.62 bits per heavy atom. The molecule has 4 aromatic rings. The van der Waals surface area contributed by atoms with Crippen molar-refractivity contribution < 1.29 is 8.91 Å². The van der Waals surface area contributed by atoms with Crippen molar-refractivity contribution >= 4 is 11.0 Å². The van der Waals surface area contributed by atoms with Crippen LogP contribution in [0.4, 0.5) is 4.39 Å². The first-order chi connectivity index (χ1) is 11.6. The monoisotopic (exact) mass is 322 g/mol. The van der Waals surface area contributed by atoms with E-state index in [4.69, 9.17) is 4.52 Å². The number of pyridine rings is 1. The van der Waals surface area contributed by atoms with E-state index in [0.717, 1.165) is 39.2 Å². The van der Waals surface area contributed by atoms with E-state index in [-0.39, 0.29) is 5.82 Å². The highest BCUT2D eigenvalue weighted by Gasteiger charge is 2.14. The summed E-state index contributed by atoms with van der Waals surface area (Å²) < 4.78 is 20.2. The first kappa shape index (κ1) is 14.6. The molecule has 0 fully saturated rings. The molecule has 4 rings (SSSR count). The van der Waals surface area contributed by atoms with E-state index in [1.54, 1.807) is 24.5 Å². The number of hydrogen-bond acceptors (Lipinski definition) is 4. The van der Waals surface area contributed by atoms with E-state index in [1.165, 1.54) is 12.1 Å². The fourth-order valence-corrected chi connectivity index (χ4v) is 2.88. The van der Waals surface area contributed by atoms with Crippen molar-refractivity contribution in [3.8, 4) is 11.1 Å². The number of fused-ring (bicyclic) bond motifs is 1. The number of aryl methyl sites for hydroxylation is 2. The lowest BCUT2D eigenvalue weighted by molar-refractivity contribution is 0.393. The quantitative estimate of drug-likeness (QED) is 0.574. The molecule has 3 heterocycles. The maximum atomic E-state index is 13.1. The first-order valence-corrected chi connectivity index (χ1v) is 7.61. The molecule has 0 saturated carbocycles. The predicted octanol–water partition coefficient (Wildman–Crippen LogP) is 3.89. The van der Waals surface area contributed by atoms with Gasteiger partial charge < -0.3 is 4.52 Å². The highest BCUT2D eigenvalue weighted by Crippen LogP contribution is 2.28. The molecule has 0 aliphatic rings. The van der Waals surface area contributed by atoms with Gasteiger partial charge in [-0.2, -0.15) is 5.10 Å². The average Bonchev–Trinajstić information content (AvgIpc) is 3.13. The topological polar surface area (TPSA) is 56.7 Å². The van der Waals surface area contributed by atoms with Crippen molar-refractivity contribution in [3.05, 3.63) is 65.6 Å². The van der Waals surface area contributed by atoms with Crippen LogP contribution < -0.4 is 0 Å². The van der Waals surface area contributed by atoms with Crippen molar-refractivity contribution in [3.63, 3.8) is 0 Å². The Kier molecular flexibility index (Phi) is 3.37. The van der Waals surface area contributed by atoms with Crippen LogP contribution in [0.1, 0.15) is 17.0 Å². The molecular formula is C18H15FN4O. The van der Waals surface area contributed by atoms with Gasteiger partial charge in [0.15, 0.2) is 0 Å². The predicted molar refractivity (Wildman–Crippen MR) is 88.0 cm³/mol. The number of rotatable bonds is 3. The molecule has 0 spiro atoms. The highest BCUT2D eigenvalue weighted by molar-refractivity contribution is 5.81. The zero-order valence-electron chi connectivity index (χ0n) is 13.3. The van der Waals surface area contributed by atoms with E-state index in [0.29, 0.717) is 6.54 Å². The van der Waals surface area contributed by atoms with E-state index < -0.39 is 0 Å². The van der Waals surface area contributed by atoms with Gasteiger partial charge in [0, 0.05) is 17.3 Å². The molecule has 0 atom stereocenters. The standard InChI is InChI=1S/C18H15FN4O/c1-11-18(12(2)24-22-11)14-7-17-16(20-8-14)9-21-23(17)10-13-3-5-15(19)6-4-13/h3-9H,10H2,1-2H3. The summed E-state index contributed by atoms with van der Waals surface area (Å²) in [6.45, 7) is 4.34. The minimum absolute atomic E-state index is 0.244. The third kappa shape index (κ3) is 2.46. The van der Waals surface area contributed by atoms with Crippen LogP contribution in [0.15, 0.2) is 47.2 Å². The van der Waals surface area contributed by atoms with Gasteiger partial charge in [-0.15, -0.1) is 0 Å². The molecule has 0 aliphatic heterocycles. The summed E-state index contributed by atoms with van der Waals surface area (Å²) in [5.41, 5.74) is 5.44. The van der Waals surface area contributed by atoms with Crippen LogP contribution in [0.25, 0.3) is 22.2 Å². The minimum atomic E-state index is -0.244. The van der Waals surface area contributed by atoms with Gasteiger partial charge in [-0.25, -0.2) is 4.39 Å². The van der Waals surface area contributed by atoms with Gasteiger partial charge in [0.25, 0.3) is 0 Å². The fourth-order valence-electron chi connectivity index (χ4n) is 2.88. The van der Waals surface area contributed by atoms with E-state index >= 15 is 0 Å². The van der Waals surface area contributed by atoms with E-state index in [2.05, 4.69) is 15.2 Å². The summed E-state index contributed by atoms with van der Waals surface area (Å²) in [5.74, 6) is 0.518. The largest absolute Gasteiger partial charge is 0.361 e. The molecule has 0 bridgehead atoms. The van der Waals surface area contributed by atoms with Gasteiger partial charge in [0.2, 0.25) is 0 Å². The Morgan fingerprint density at radius 2 is 1.92 bits per heavy atom. The van der Waals surface area contributed by atoms with Crippen LogP contribution in [0.2, 0.25) is 0 Å². The number of halogens is 1. The van der Waals surface area contributed by atoms with Crippen LogP contribution in [0.3, 0.4) is 0 Å². The van der Waals surface area contributed by atoms with Crippen molar-refractivity contribution in [2.45, 2.75) is 20.4 Å². The summed E-state index contributed by atoms with van der Waals surface area (Å²) in [5, 5.41) is 8.40. The van der Waals surface area contributed by atoms with Gasteiger partial charge in [-0.3, -0.25) is 9.67 Å². The fraction of sp³-hybridized carbons (Fsp3) is 0.167. The van der Waals surface area contributed by atoms with Crippen molar-refractivity contribution in [2.24, 2.45) is 0 Å². The maximum Gasteiger partial charge on any atom is 0.141 e. The second-order valence-electron chi connectivity index (χ2n) is 5.76. The maximum absolute atomic E-state index is 13.1. The summed E-state index contributed by atoms with van der Waals surface area (Å²) in [6.07, 6.45) is 3.54. The Balaban J connectivity index is 1.77. The van der Waals surface area contributed by atoms with Crippen molar-refractivity contribution in [1.29, 1.82) is 0 Å². The summed E-state index contributed by atoms with van der Waals surface area (Å²) in [4.78, 5) is 4.48. The molecule has 0 aliphatic carbocycles. The SMILES string of the molecule is Cc1noc(C)c1-c1cnc2cnn(Cc3ccc(F)cc3)c2c1. The Hall–Kier alpha value is -3.02. The van der Waals surface area contributed by atoms with Gasteiger partial charge in [-0.05, 0) is 37.6 Å².